The van der Waals surface area contributed by atoms with Gasteiger partial charge in [0.25, 0.3) is 5.91 Å². The highest BCUT2D eigenvalue weighted by Crippen LogP contribution is 2.35. The quantitative estimate of drug-likeness (QED) is 0.835. The maximum Gasteiger partial charge on any atom is 0.257 e. The molecule has 0 aliphatic carbocycles. The van der Waals surface area contributed by atoms with Crippen LogP contribution >= 0.6 is 24.0 Å². The smallest absolute Gasteiger partial charge is 0.257 e. The van der Waals surface area contributed by atoms with Crippen LogP contribution < -0.4 is 5.73 Å². The van der Waals surface area contributed by atoms with Crippen LogP contribution in [0.4, 0.5) is 0 Å². The number of phenolic OH excluding ortho intramolecular Hbond substituents is 1. The van der Waals surface area contributed by atoms with Gasteiger partial charge in [0.1, 0.15) is 5.75 Å². The van der Waals surface area contributed by atoms with Gasteiger partial charge in [-0.05, 0) is 43.7 Å². The minimum atomic E-state index is -0.207. The number of aryl methyl sites for hydroxylation is 1. The second-order valence-corrected chi connectivity index (χ2v) is 7.01. The molecule has 1 heterocycles. The normalized spacial score (nSPS) is 17.5. The number of piperidine rings is 1. The Labute approximate surface area is 134 Å². The third-order valence-electron chi connectivity index (χ3n) is 4.08. The number of carbonyl (C=O) groups is 1. The summed E-state index contributed by atoms with van der Waals surface area (Å²) < 4.78 is -0.207. The van der Waals surface area contributed by atoms with Gasteiger partial charge in [-0.25, -0.2) is 0 Å². The molecule has 0 unspecified atom stereocenters. The first-order valence-electron chi connectivity index (χ1n) is 6.83. The highest BCUT2D eigenvalue weighted by molar-refractivity contribution is 8.02. The number of thioether (sulfide) groups is 1. The number of nitrogens with two attached hydrogens (primary N) is 1. The average molecular weight is 324 g/mol. The van der Waals surface area contributed by atoms with Crippen LogP contribution in [0, 0.1) is 6.92 Å². The number of thiocarbonyl (C=S) groups is 1. The number of nitrogens with zero attached hydrogens (tertiary/aromatic N) is 1. The molecule has 1 aliphatic heterocycles. The lowest BCUT2D eigenvalue weighted by atomic mass is 9.95. The lowest BCUT2D eigenvalue weighted by Gasteiger charge is -2.40. The molecule has 114 valence electrons. The number of hydrogen-bond donors (Lipinski definition) is 2. The molecule has 1 fully saturated rings. The molecule has 1 saturated heterocycles. The van der Waals surface area contributed by atoms with Crippen molar-refractivity contribution in [1.82, 2.24) is 4.90 Å². The minimum Gasteiger partial charge on any atom is -0.507 e. The summed E-state index contributed by atoms with van der Waals surface area (Å²) in [6.45, 7) is 3.08. The molecule has 0 radical (unpaired) electrons. The predicted octanol–water partition coefficient (Wildman–Crippen LogP) is 2.32. The highest BCUT2D eigenvalue weighted by atomic mass is 32.2. The van der Waals surface area contributed by atoms with Gasteiger partial charge in [-0.1, -0.05) is 18.3 Å². The van der Waals surface area contributed by atoms with E-state index in [0.717, 1.165) is 18.4 Å². The predicted molar refractivity (Wildman–Crippen MR) is 91.0 cm³/mol. The van der Waals surface area contributed by atoms with E-state index in [1.807, 2.05) is 19.2 Å². The molecule has 0 bridgehead atoms. The molecule has 2 rings (SSSR count). The van der Waals surface area contributed by atoms with Gasteiger partial charge in [-0.15, -0.1) is 0 Å². The van der Waals surface area contributed by atoms with Crippen molar-refractivity contribution in [2.24, 2.45) is 5.73 Å². The van der Waals surface area contributed by atoms with Crippen molar-refractivity contribution in [1.29, 1.82) is 0 Å². The number of rotatable bonds is 3. The molecule has 1 aromatic rings. The van der Waals surface area contributed by atoms with Crippen molar-refractivity contribution in [2.45, 2.75) is 24.5 Å². The molecule has 0 atom stereocenters. The fraction of sp³-hybridized carbons (Fsp3) is 0.467. The summed E-state index contributed by atoms with van der Waals surface area (Å²) in [7, 11) is 0. The Kier molecular flexibility index (Phi) is 4.78. The topological polar surface area (TPSA) is 66.6 Å². The summed E-state index contributed by atoms with van der Waals surface area (Å²) in [5, 5.41) is 9.94. The highest BCUT2D eigenvalue weighted by Gasteiger charge is 2.38. The third kappa shape index (κ3) is 3.16. The van der Waals surface area contributed by atoms with E-state index in [2.05, 4.69) is 0 Å². The Bertz CT molecular complexity index is 567. The number of carbonyl (C=O) groups excluding carboxylic acids is 1. The number of aromatic hydroxyl groups is 1. The van der Waals surface area contributed by atoms with Crippen molar-refractivity contribution >= 4 is 34.9 Å². The van der Waals surface area contributed by atoms with Crippen LogP contribution in [0.1, 0.15) is 28.8 Å². The van der Waals surface area contributed by atoms with Gasteiger partial charge in [0.15, 0.2) is 0 Å². The SMILES string of the molecule is CSC1(C(N)=S)CCN(C(=O)c2ccc(C)cc2O)CC1. The van der Waals surface area contributed by atoms with Gasteiger partial charge in [-0.3, -0.25) is 4.79 Å². The lowest BCUT2D eigenvalue weighted by molar-refractivity contribution is 0.0716. The van der Waals surface area contributed by atoms with E-state index < -0.39 is 0 Å². The first-order chi connectivity index (χ1) is 9.89. The van der Waals surface area contributed by atoms with E-state index >= 15 is 0 Å². The van der Waals surface area contributed by atoms with E-state index in [9.17, 15) is 9.90 Å². The second kappa shape index (κ2) is 6.23. The summed E-state index contributed by atoms with van der Waals surface area (Å²) >= 11 is 6.84. The van der Waals surface area contributed by atoms with Gasteiger partial charge in [0.05, 0.1) is 15.3 Å². The third-order valence-corrected chi connectivity index (χ3v) is 6.01. The number of phenols is 1. The summed E-state index contributed by atoms with van der Waals surface area (Å²) in [6, 6.07) is 5.12. The Morgan fingerprint density at radius 3 is 2.52 bits per heavy atom. The molecular formula is C15H20N2O2S2. The molecule has 0 aromatic heterocycles. The van der Waals surface area contributed by atoms with Crippen molar-refractivity contribution in [3.05, 3.63) is 29.3 Å². The monoisotopic (exact) mass is 324 g/mol. The zero-order valence-electron chi connectivity index (χ0n) is 12.3. The average Bonchev–Trinajstić information content (AvgIpc) is 2.46. The number of likely N-dealkylation sites (tertiary alicyclic amines) is 1. The maximum absolute atomic E-state index is 12.5. The van der Waals surface area contributed by atoms with E-state index in [-0.39, 0.29) is 16.4 Å². The molecule has 4 nitrogen and oxygen atoms in total. The molecule has 6 heteroatoms. The second-order valence-electron chi connectivity index (χ2n) is 5.38. The van der Waals surface area contributed by atoms with Crippen molar-refractivity contribution in [3.63, 3.8) is 0 Å². The van der Waals surface area contributed by atoms with E-state index in [1.165, 1.54) is 0 Å². The molecule has 21 heavy (non-hydrogen) atoms. The molecule has 3 N–H and O–H groups in total. The van der Waals surface area contributed by atoms with Crippen LogP contribution in [-0.2, 0) is 0 Å². The molecular weight excluding hydrogens is 304 g/mol. The minimum absolute atomic E-state index is 0.0380. The molecule has 1 amide bonds. The van der Waals surface area contributed by atoms with Crippen molar-refractivity contribution in [2.75, 3.05) is 19.3 Å². The molecule has 1 aliphatic rings. The fourth-order valence-electron chi connectivity index (χ4n) is 2.61. The van der Waals surface area contributed by atoms with Gasteiger partial charge in [0.2, 0.25) is 0 Å². The van der Waals surface area contributed by atoms with Crippen molar-refractivity contribution < 1.29 is 9.90 Å². The Morgan fingerprint density at radius 1 is 1.43 bits per heavy atom. The van der Waals surface area contributed by atoms with Crippen molar-refractivity contribution in [3.8, 4) is 5.75 Å². The number of amides is 1. The molecule has 0 spiro atoms. The summed E-state index contributed by atoms with van der Waals surface area (Å²) in [5.74, 6) is -0.0961. The Morgan fingerprint density at radius 2 is 2.05 bits per heavy atom. The van der Waals surface area contributed by atoms with Crippen LogP contribution in [-0.4, -0.2) is 45.0 Å². The van der Waals surface area contributed by atoms with Gasteiger partial charge < -0.3 is 15.7 Å². The summed E-state index contributed by atoms with van der Waals surface area (Å²) in [5.41, 5.74) is 7.14. The lowest BCUT2D eigenvalue weighted by Crippen LogP contribution is -2.50. The Hall–Kier alpha value is -1.27. The van der Waals surface area contributed by atoms with Crippen LogP contribution in [0.2, 0.25) is 0 Å². The van der Waals surface area contributed by atoms with E-state index in [4.69, 9.17) is 18.0 Å². The number of benzene rings is 1. The van der Waals surface area contributed by atoms with Crippen LogP contribution in [0.25, 0.3) is 0 Å². The molecule has 1 aromatic carbocycles. The first-order valence-corrected chi connectivity index (χ1v) is 8.47. The summed E-state index contributed by atoms with van der Waals surface area (Å²) in [6.07, 6.45) is 3.51. The summed E-state index contributed by atoms with van der Waals surface area (Å²) in [4.78, 5) is 14.8. The zero-order valence-corrected chi connectivity index (χ0v) is 13.9. The van der Waals surface area contributed by atoms with Gasteiger partial charge in [-0.2, -0.15) is 11.8 Å². The zero-order chi connectivity index (χ0) is 15.6. The first kappa shape index (κ1) is 16.1. The molecule has 0 saturated carbocycles. The fourth-order valence-corrected chi connectivity index (χ4v) is 3.86. The maximum atomic E-state index is 12.5. The van der Waals surface area contributed by atoms with E-state index in [0.29, 0.717) is 23.6 Å². The van der Waals surface area contributed by atoms with Gasteiger partial charge >= 0.3 is 0 Å². The Balaban J connectivity index is 2.12. The van der Waals surface area contributed by atoms with Crippen LogP contribution in [0.3, 0.4) is 0 Å². The van der Waals surface area contributed by atoms with E-state index in [1.54, 1.807) is 28.8 Å². The largest absolute Gasteiger partial charge is 0.507 e. The van der Waals surface area contributed by atoms with Crippen LogP contribution in [0.5, 0.6) is 5.75 Å². The number of hydrogen-bond acceptors (Lipinski definition) is 4. The van der Waals surface area contributed by atoms with Gasteiger partial charge in [0, 0.05) is 13.1 Å². The van der Waals surface area contributed by atoms with Crippen LogP contribution in [0.15, 0.2) is 18.2 Å². The standard InChI is InChI=1S/C15H20N2O2S2/c1-10-3-4-11(12(18)9-10)13(19)17-7-5-15(21-2,6-8-17)14(16)20/h3-4,9,18H,5-8H2,1-2H3,(H2,16,20).